The molecule has 1 fully saturated rings. The zero-order valence-corrected chi connectivity index (χ0v) is 24.5. The average molecular weight is 592 g/mol. The molecule has 4 atom stereocenters. The van der Waals surface area contributed by atoms with Crippen LogP contribution in [0.2, 0.25) is 0 Å². The fraction of sp³-hybridized carbons (Fsp3) is 0.455. The van der Waals surface area contributed by atoms with Crippen LogP contribution in [0, 0.1) is 0 Å². The highest BCUT2D eigenvalue weighted by Crippen LogP contribution is 2.55. The topological polar surface area (TPSA) is 113 Å². The van der Waals surface area contributed by atoms with E-state index in [9.17, 15) is 14.7 Å². The van der Waals surface area contributed by atoms with E-state index in [0.29, 0.717) is 23.0 Å². The molecule has 228 valence electrons. The lowest BCUT2D eigenvalue weighted by Crippen LogP contribution is -2.49. The van der Waals surface area contributed by atoms with Crippen molar-refractivity contribution in [3.8, 4) is 17.2 Å². The lowest BCUT2D eigenvalue weighted by molar-refractivity contribution is -0.177. The minimum Gasteiger partial charge on any atom is -0.497 e. The van der Waals surface area contributed by atoms with Gasteiger partial charge < -0.3 is 33.5 Å². The Morgan fingerprint density at radius 1 is 1.12 bits per heavy atom. The van der Waals surface area contributed by atoms with Crippen LogP contribution in [0.1, 0.15) is 42.7 Å². The zero-order chi connectivity index (χ0) is 30.0. The highest BCUT2D eigenvalue weighted by Gasteiger charge is 2.59. The van der Waals surface area contributed by atoms with Gasteiger partial charge in [-0.25, -0.2) is 4.79 Å². The van der Waals surface area contributed by atoms with Crippen LogP contribution >= 0.6 is 0 Å². The van der Waals surface area contributed by atoms with Gasteiger partial charge in [-0.3, -0.25) is 9.69 Å². The van der Waals surface area contributed by atoms with Crippen molar-refractivity contribution in [2.45, 2.75) is 55.3 Å². The second-order valence-corrected chi connectivity index (χ2v) is 11.4. The van der Waals surface area contributed by atoms with E-state index in [4.69, 9.17) is 28.4 Å². The van der Waals surface area contributed by atoms with Crippen molar-refractivity contribution < 1.29 is 43.1 Å². The third kappa shape index (κ3) is 5.45. The molecule has 4 aliphatic rings. The molecule has 3 heterocycles. The van der Waals surface area contributed by atoms with E-state index < -0.39 is 35.6 Å². The van der Waals surface area contributed by atoms with Crippen LogP contribution < -0.4 is 14.2 Å². The Bertz CT molecular complexity index is 1420. The molecule has 2 aromatic rings. The summed E-state index contributed by atoms with van der Waals surface area (Å²) in [5, 5.41) is 11.6. The predicted octanol–water partition coefficient (Wildman–Crippen LogP) is 3.66. The molecule has 0 radical (unpaired) electrons. The molecule has 0 amide bonds. The number of carbonyl (C=O) groups is 2. The number of hydrogen-bond acceptors (Lipinski definition) is 10. The summed E-state index contributed by atoms with van der Waals surface area (Å²) in [4.78, 5) is 28.7. The van der Waals surface area contributed by atoms with Crippen molar-refractivity contribution in [2.24, 2.45) is 0 Å². The summed E-state index contributed by atoms with van der Waals surface area (Å²) in [5.74, 6) is 0.609. The summed E-state index contributed by atoms with van der Waals surface area (Å²) in [6, 6.07) is 13.3. The number of esters is 2. The molecule has 1 aliphatic carbocycles. The Hall–Kier alpha value is -4.02. The third-order valence-corrected chi connectivity index (χ3v) is 8.95. The van der Waals surface area contributed by atoms with Crippen LogP contribution in [0.25, 0.3) is 0 Å². The first-order valence-corrected chi connectivity index (χ1v) is 14.6. The van der Waals surface area contributed by atoms with Crippen molar-refractivity contribution in [1.82, 2.24) is 4.90 Å². The van der Waals surface area contributed by atoms with E-state index in [-0.39, 0.29) is 25.7 Å². The number of ether oxygens (including phenoxy) is 6. The zero-order valence-electron chi connectivity index (χ0n) is 24.5. The first-order chi connectivity index (χ1) is 20.9. The van der Waals surface area contributed by atoms with Gasteiger partial charge >= 0.3 is 11.9 Å². The molecule has 0 bridgehead atoms. The molecule has 1 saturated heterocycles. The fourth-order valence-electron chi connectivity index (χ4n) is 6.87. The van der Waals surface area contributed by atoms with Crippen molar-refractivity contribution in [2.75, 3.05) is 40.7 Å². The Balaban J connectivity index is 1.28. The predicted molar refractivity (Wildman–Crippen MR) is 155 cm³/mol. The number of methoxy groups -OCH3 is 2. The Morgan fingerprint density at radius 2 is 1.91 bits per heavy atom. The van der Waals surface area contributed by atoms with Crippen LogP contribution in [0.4, 0.5) is 0 Å². The SMILES string of the molecule is COC(=O)C[C@](O)(C/C=C/COc1ccccc1)C(=O)O[C@@H]1C(OC)=CC23CCCN2CCc2cc4c(cc2[C@H]13)OCO4. The molecule has 10 heteroatoms. The number of fused-ring (bicyclic) bond motifs is 3. The number of carbonyl (C=O) groups excluding carboxylic acids is 2. The largest absolute Gasteiger partial charge is 0.497 e. The number of nitrogens with zero attached hydrogens (tertiary/aromatic N) is 1. The van der Waals surface area contributed by atoms with E-state index in [2.05, 4.69) is 11.0 Å². The summed E-state index contributed by atoms with van der Waals surface area (Å²) < 4.78 is 33.9. The number of rotatable bonds is 10. The maximum Gasteiger partial charge on any atom is 0.339 e. The van der Waals surface area contributed by atoms with Crippen molar-refractivity contribution in [3.63, 3.8) is 0 Å². The highest BCUT2D eigenvalue weighted by atomic mass is 16.7. The van der Waals surface area contributed by atoms with Gasteiger partial charge in [-0.2, -0.15) is 0 Å². The Morgan fingerprint density at radius 3 is 2.67 bits per heavy atom. The molecule has 6 rings (SSSR count). The summed E-state index contributed by atoms with van der Waals surface area (Å²) in [5.41, 5.74) is -0.488. The number of hydrogen-bond donors (Lipinski definition) is 1. The van der Waals surface area contributed by atoms with Gasteiger partial charge in [0, 0.05) is 13.0 Å². The molecule has 1 unspecified atom stereocenters. The first-order valence-electron chi connectivity index (χ1n) is 14.6. The number of benzene rings is 2. The average Bonchev–Trinajstić information content (AvgIpc) is 3.71. The van der Waals surface area contributed by atoms with Crippen LogP contribution in [0.3, 0.4) is 0 Å². The lowest BCUT2D eigenvalue weighted by Gasteiger charge is -2.39. The lowest BCUT2D eigenvalue weighted by atomic mass is 9.77. The van der Waals surface area contributed by atoms with E-state index in [1.165, 1.54) is 7.11 Å². The third-order valence-electron chi connectivity index (χ3n) is 8.95. The quantitative estimate of drug-likeness (QED) is 0.324. The van der Waals surface area contributed by atoms with Crippen molar-refractivity contribution in [3.05, 3.63) is 77.6 Å². The second kappa shape index (κ2) is 11.9. The van der Waals surface area contributed by atoms with Gasteiger partial charge in [-0.1, -0.05) is 30.4 Å². The molecule has 3 aliphatic heterocycles. The second-order valence-electron chi connectivity index (χ2n) is 11.4. The van der Waals surface area contributed by atoms with Gasteiger partial charge in [0.15, 0.2) is 23.2 Å². The van der Waals surface area contributed by atoms with Gasteiger partial charge in [0.1, 0.15) is 18.1 Å². The summed E-state index contributed by atoms with van der Waals surface area (Å²) in [7, 11) is 2.77. The van der Waals surface area contributed by atoms with Gasteiger partial charge in [0.2, 0.25) is 6.79 Å². The molecular formula is C33H37NO9. The van der Waals surface area contributed by atoms with Gasteiger partial charge in [-0.15, -0.1) is 0 Å². The molecule has 1 spiro atoms. The maximum atomic E-state index is 13.9. The van der Waals surface area contributed by atoms with Crippen LogP contribution in [0.15, 0.2) is 66.5 Å². The summed E-state index contributed by atoms with van der Waals surface area (Å²) in [6.07, 6.45) is 6.48. The molecule has 10 nitrogen and oxygen atoms in total. The standard InChI is InChI=1S/C33H37NO9/c1-38-27-19-32-12-8-14-34(32)15-11-22-17-25-26(42-21-41-25)18-24(22)29(32)30(27)43-31(36)33(37,20-28(35)39-2)13-6-7-16-40-23-9-4-3-5-10-23/h3-7,9-10,17-19,29-30,37H,8,11-16,20-21H2,1-2H3/b7-6+/t29-,30-,32?,33-/m1/s1. The van der Waals surface area contributed by atoms with E-state index in [1.54, 1.807) is 19.3 Å². The molecular weight excluding hydrogens is 554 g/mol. The monoisotopic (exact) mass is 591 g/mol. The summed E-state index contributed by atoms with van der Waals surface area (Å²) in [6.45, 7) is 2.12. The first kappa shape index (κ1) is 29.1. The van der Waals surface area contributed by atoms with E-state index >= 15 is 0 Å². The van der Waals surface area contributed by atoms with Crippen LogP contribution in [0.5, 0.6) is 17.2 Å². The Kier molecular flexibility index (Phi) is 8.07. The molecule has 2 aromatic carbocycles. The van der Waals surface area contributed by atoms with E-state index in [1.807, 2.05) is 42.5 Å². The van der Waals surface area contributed by atoms with Crippen LogP contribution in [-0.4, -0.2) is 79.9 Å². The van der Waals surface area contributed by atoms with Gasteiger partial charge in [0.25, 0.3) is 0 Å². The maximum absolute atomic E-state index is 13.9. The minimum atomic E-state index is -2.16. The fourth-order valence-corrected chi connectivity index (χ4v) is 6.87. The minimum absolute atomic E-state index is 0.157. The van der Waals surface area contributed by atoms with Gasteiger partial charge in [-0.05, 0) is 67.3 Å². The Labute approximate surface area is 250 Å². The number of para-hydroxylation sites is 1. The number of aliphatic hydroxyl groups is 1. The summed E-state index contributed by atoms with van der Waals surface area (Å²) >= 11 is 0. The van der Waals surface area contributed by atoms with Gasteiger partial charge in [0.05, 0.1) is 32.1 Å². The highest BCUT2D eigenvalue weighted by molar-refractivity contribution is 5.86. The van der Waals surface area contributed by atoms with Crippen molar-refractivity contribution in [1.29, 1.82) is 0 Å². The molecule has 43 heavy (non-hydrogen) atoms. The smallest absolute Gasteiger partial charge is 0.339 e. The van der Waals surface area contributed by atoms with Crippen LogP contribution in [-0.2, 0) is 30.2 Å². The normalized spacial score (nSPS) is 25.1. The van der Waals surface area contributed by atoms with E-state index in [0.717, 1.165) is 43.5 Å². The molecule has 0 saturated carbocycles. The molecule has 1 N–H and O–H groups in total. The molecule has 0 aromatic heterocycles. The van der Waals surface area contributed by atoms with Crippen molar-refractivity contribution >= 4 is 11.9 Å².